The Bertz CT molecular complexity index is 1700. The van der Waals surface area contributed by atoms with Crippen LogP contribution in [0.5, 0.6) is 0 Å². The summed E-state index contributed by atoms with van der Waals surface area (Å²) in [6, 6.07) is -0.898. The molecule has 1 amide bonds. The highest BCUT2D eigenvalue weighted by molar-refractivity contribution is 7.45. The van der Waals surface area contributed by atoms with Crippen LogP contribution in [0.25, 0.3) is 0 Å². The maximum atomic E-state index is 13.6. The first-order valence-electron chi connectivity index (χ1n) is 34.9. The summed E-state index contributed by atoms with van der Waals surface area (Å²) in [6.45, 7) is 6.79. The van der Waals surface area contributed by atoms with Crippen molar-refractivity contribution in [2.75, 3.05) is 40.9 Å². The van der Waals surface area contributed by atoms with Gasteiger partial charge < -0.3 is 28.5 Å². The molecule has 0 aromatic heterocycles. The van der Waals surface area contributed by atoms with E-state index in [-0.39, 0.29) is 24.9 Å². The minimum Gasteiger partial charge on any atom is -0.756 e. The number of nitrogens with one attached hydrogen (secondary N) is 1. The summed E-state index contributed by atoms with van der Waals surface area (Å²) >= 11 is 0. The molecule has 0 heterocycles. The van der Waals surface area contributed by atoms with Crippen molar-refractivity contribution in [3.63, 3.8) is 0 Å². The number of hydrogen-bond acceptors (Lipinski definition) is 7. The van der Waals surface area contributed by atoms with Crippen LogP contribution in [0, 0.1) is 0 Å². The van der Waals surface area contributed by atoms with E-state index in [1.54, 1.807) is 0 Å². The molecule has 0 bridgehead atoms. The summed E-state index contributed by atoms with van der Waals surface area (Å²) in [4.78, 5) is 40.1. The Morgan fingerprint density at radius 1 is 0.422 bits per heavy atom. The van der Waals surface area contributed by atoms with Crippen LogP contribution in [0.3, 0.4) is 0 Å². The van der Waals surface area contributed by atoms with E-state index >= 15 is 0 Å². The van der Waals surface area contributed by atoms with Crippen molar-refractivity contribution in [3.05, 3.63) is 85.1 Å². The number of allylic oxidation sites excluding steroid dienone is 13. The lowest BCUT2D eigenvalue weighted by molar-refractivity contribution is -0.870. The number of hydrogen-bond donors (Lipinski definition) is 1. The zero-order chi connectivity index (χ0) is 60.7. The molecular formula is C73H133N2O7P. The SMILES string of the molecule is CCCCC/C=C\C/C=C\C/C=C\CCCCCCCCCCCCCCCCC(=O)NC(COP(=O)([O-])OCC[N+](C)(C)C)C(/C=C\CCCCCCCCCCC)OC(=O)CCCCCCCC/C=C\C/C=C\C/C=C\CCCCC. The predicted octanol–water partition coefficient (Wildman–Crippen LogP) is 21.5. The van der Waals surface area contributed by atoms with Crippen molar-refractivity contribution in [3.8, 4) is 0 Å². The molecule has 0 rings (SSSR count). The lowest BCUT2D eigenvalue weighted by Gasteiger charge is -2.30. The van der Waals surface area contributed by atoms with Gasteiger partial charge >= 0.3 is 5.97 Å². The van der Waals surface area contributed by atoms with Gasteiger partial charge in [-0.05, 0) is 109 Å². The van der Waals surface area contributed by atoms with E-state index in [9.17, 15) is 19.0 Å². The van der Waals surface area contributed by atoms with Gasteiger partial charge in [-0.2, -0.15) is 0 Å². The first kappa shape index (κ1) is 80.2. The summed E-state index contributed by atoms with van der Waals surface area (Å²) < 4.78 is 30.4. The van der Waals surface area contributed by atoms with E-state index in [1.165, 1.54) is 186 Å². The van der Waals surface area contributed by atoms with Gasteiger partial charge in [0.25, 0.3) is 7.82 Å². The van der Waals surface area contributed by atoms with Crippen molar-refractivity contribution in [2.45, 2.75) is 328 Å². The van der Waals surface area contributed by atoms with Crippen LogP contribution in [0.2, 0.25) is 0 Å². The molecule has 3 unspecified atom stereocenters. The molecule has 0 aliphatic rings. The van der Waals surface area contributed by atoms with Gasteiger partial charge in [0, 0.05) is 12.8 Å². The number of carbonyl (C=O) groups is 2. The minimum absolute atomic E-state index is 0.0270. The highest BCUT2D eigenvalue weighted by Crippen LogP contribution is 2.38. The molecule has 83 heavy (non-hydrogen) atoms. The maximum absolute atomic E-state index is 13.6. The number of ether oxygens (including phenoxy) is 1. The quantitative estimate of drug-likeness (QED) is 0.0212. The Morgan fingerprint density at radius 3 is 1.12 bits per heavy atom. The van der Waals surface area contributed by atoms with Crippen LogP contribution < -0.4 is 10.2 Å². The Morgan fingerprint density at radius 2 is 0.735 bits per heavy atom. The number of rotatable bonds is 63. The Hall–Kier alpha value is -2.81. The number of likely N-dealkylation sites (N-methyl/N-ethyl adjacent to an activating group) is 1. The van der Waals surface area contributed by atoms with Gasteiger partial charge in [-0.1, -0.05) is 280 Å². The zero-order valence-electron chi connectivity index (χ0n) is 55.1. The number of quaternary nitrogens is 1. The average molecular weight is 1180 g/mol. The second-order valence-corrected chi connectivity index (χ2v) is 26.1. The molecular weight excluding hydrogens is 1050 g/mol. The number of carbonyl (C=O) groups excluding carboxylic acids is 2. The number of unbranched alkanes of at least 4 members (excludes halogenated alkanes) is 35. The number of amides is 1. The summed E-state index contributed by atoms with van der Waals surface area (Å²) in [5.41, 5.74) is 0. The van der Waals surface area contributed by atoms with Gasteiger partial charge in [0.2, 0.25) is 5.91 Å². The van der Waals surface area contributed by atoms with Crippen molar-refractivity contribution in [1.29, 1.82) is 0 Å². The number of nitrogens with zero attached hydrogens (tertiary/aromatic N) is 1. The fourth-order valence-electron chi connectivity index (χ4n) is 9.89. The van der Waals surface area contributed by atoms with Gasteiger partial charge in [0.15, 0.2) is 0 Å². The first-order chi connectivity index (χ1) is 40.4. The zero-order valence-corrected chi connectivity index (χ0v) is 56.0. The van der Waals surface area contributed by atoms with Gasteiger partial charge in [0.1, 0.15) is 19.3 Å². The van der Waals surface area contributed by atoms with E-state index in [2.05, 4.69) is 99.0 Å². The number of esters is 1. The molecule has 0 aliphatic carbocycles. The summed E-state index contributed by atoms with van der Waals surface area (Å²) in [6.07, 6.45) is 82.7. The topological polar surface area (TPSA) is 114 Å². The van der Waals surface area contributed by atoms with Crippen LogP contribution in [-0.2, 0) is 27.9 Å². The third kappa shape index (κ3) is 63.5. The number of phosphoric ester groups is 1. The van der Waals surface area contributed by atoms with E-state index in [4.69, 9.17) is 13.8 Å². The maximum Gasteiger partial charge on any atom is 0.306 e. The standard InChI is InChI=1S/C73H133N2O7P/c1-7-10-13-16-19-22-25-27-29-31-33-34-35-36-37-38-39-40-42-43-45-47-50-53-56-59-62-65-72(76)74-70(69-81-83(78,79)80-68-67-75(4,5)6)71(64-61-58-55-52-49-24-21-18-15-12-9-3)82-73(77)66-63-60-57-54-51-48-46-44-41-32-30-28-26-23-20-17-14-11-8-2/h19-20,22-23,27-30,33-34,41,44,61,64,70-71H,7-18,21,24-26,31-32,35-40,42-43,45-60,62-63,65-69H2,1-6H3,(H-,74,76,78,79)/b22-19-,23-20-,29-27-,30-28-,34-33-,44-41-,64-61-. The normalized spacial score (nSPS) is 14.1. The molecule has 0 radical (unpaired) electrons. The first-order valence-corrected chi connectivity index (χ1v) is 36.4. The molecule has 0 saturated heterocycles. The molecule has 0 spiro atoms. The molecule has 3 atom stereocenters. The van der Waals surface area contributed by atoms with Crippen LogP contribution in [0.15, 0.2) is 85.1 Å². The van der Waals surface area contributed by atoms with Gasteiger partial charge in [-0.25, -0.2) is 0 Å². The summed E-state index contributed by atoms with van der Waals surface area (Å²) in [5.74, 6) is -0.552. The van der Waals surface area contributed by atoms with Crippen LogP contribution in [0.4, 0.5) is 0 Å². The molecule has 0 fully saturated rings. The monoisotopic (exact) mass is 1180 g/mol. The highest BCUT2D eigenvalue weighted by Gasteiger charge is 2.27. The van der Waals surface area contributed by atoms with Crippen molar-refractivity contribution < 1.29 is 37.3 Å². The van der Waals surface area contributed by atoms with E-state index in [0.29, 0.717) is 23.9 Å². The fourth-order valence-corrected chi connectivity index (χ4v) is 10.6. The highest BCUT2D eigenvalue weighted by atomic mass is 31.2. The third-order valence-corrected chi connectivity index (χ3v) is 16.3. The molecule has 482 valence electrons. The average Bonchev–Trinajstić information content (AvgIpc) is 3.51. The molecule has 9 nitrogen and oxygen atoms in total. The third-order valence-electron chi connectivity index (χ3n) is 15.3. The predicted molar refractivity (Wildman–Crippen MR) is 358 cm³/mol. The van der Waals surface area contributed by atoms with Crippen molar-refractivity contribution >= 4 is 19.7 Å². The Labute approximate surface area is 514 Å². The molecule has 0 saturated carbocycles. The lowest BCUT2D eigenvalue weighted by atomic mass is 10.0. The van der Waals surface area contributed by atoms with Gasteiger partial charge in [-0.15, -0.1) is 0 Å². The van der Waals surface area contributed by atoms with Crippen LogP contribution in [-0.4, -0.2) is 69.4 Å². The van der Waals surface area contributed by atoms with E-state index in [0.717, 1.165) is 89.9 Å². The Balaban J connectivity index is 5.03. The Kier molecular flexibility index (Phi) is 60.1. The molecule has 0 aromatic carbocycles. The molecule has 10 heteroatoms. The second-order valence-electron chi connectivity index (χ2n) is 24.7. The van der Waals surface area contributed by atoms with E-state index < -0.39 is 26.6 Å². The molecule has 0 aliphatic heterocycles. The largest absolute Gasteiger partial charge is 0.756 e. The summed E-state index contributed by atoms with van der Waals surface area (Å²) in [7, 11) is 1.18. The second kappa shape index (κ2) is 62.2. The van der Waals surface area contributed by atoms with Crippen molar-refractivity contribution in [2.24, 2.45) is 0 Å². The number of phosphoric acid groups is 1. The lowest BCUT2D eigenvalue weighted by Crippen LogP contribution is -2.47. The van der Waals surface area contributed by atoms with Crippen molar-refractivity contribution in [1.82, 2.24) is 5.32 Å². The van der Waals surface area contributed by atoms with Gasteiger partial charge in [0.05, 0.1) is 33.8 Å². The molecule has 0 aromatic rings. The summed E-state index contributed by atoms with van der Waals surface area (Å²) in [5, 5.41) is 3.04. The molecule has 1 N–H and O–H groups in total. The van der Waals surface area contributed by atoms with E-state index in [1.807, 2.05) is 33.3 Å². The minimum atomic E-state index is -4.71. The van der Waals surface area contributed by atoms with Crippen LogP contribution in [0.1, 0.15) is 316 Å². The van der Waals surface area contributed by atoms with Gasteiger partial charge in [-0.3, -0.25) is 14.2 Å². The fraction of sp³-hybridized carbons (Fsp3) is 0.781. The van der Waals surface area contributed by atoms with Crippen LogP contribution >= 0.6 is 7.82 Å². The smallest absolute Gasteiger partial charge is 0.306 e.